The molecule has 2 rings (SSSR count). The first kappa shape index (κ1) is 20.1. The van der Waals surface area contributed by atoms with Crippen molar-refractivity contribution in [2.45, 2.75) is 59.2 Å². The summed E-state index contributed by atoms with van der Waals surface area (Å²) in [5.74, 6) is 0.289. The highest BCUT2D eigenvalue weighted by atomic mass is 16.6. The van der Waals surface area contributed by atoms with Crippen molar-refractivity contribution in [3.63, 3.8) is 0 Å². The van der Waals surface area contributed by atoms with Crippen molar-refractivity contribution in [1.29, 1.82) is 0 Å². The van der Waals surface area contributed by atoms with E-state index in [1.165, 1.54) is 0 Å². The van der Waals surface area contributed by atoms with E-state index < -0.39 is 5.60 Å². The van der Waals surface area contributed by atoms with E-state index in [9.17, 15) is 9.59 Å². The summed E-state index contributed by atoms with van der Waals surface area (Å²) < 4.78 is 11.2. The van der Waals surface area contributed by atoms with Crippen LogP contribution in [0.25, 0.3) is 0 Å². The van der Waals surface area contributed by atoms with E-state index in [4.69, 9.17) is 9.47 Å². The van der Waals surface area contributed by atoms with E-state index in [1.54, 1.807) is 4.90 Å². The normalized spacial score (nSPS) is 17.8. The van der Waals surface area contributed by atoms with Gasteiger partial charge in [0.25, 0.3) is 0 Å². The number of nitrogens with zero attached hydrogens (tertiary/aromatic N) is 1. The van der Waals surface area contributed by atoms with Crippen LogP contribution in [-0.2, 0) is 9.53 Å². The van der Waals surface area contributed by atoms with Gasteiger partial charge in [-0.2, -0.15) is 0 Å². The second-order valence-corrected chi connectivity index (χ2v) is 7.92. The van der Waals surface area contributed by atoms with Gasteiger partial charge in [-0.25, -0.2) is 4.79 Å². The van der Waals surface area contributed by atoms with Crippen molar-refractivity contribution in [2.24, 2.45) is 5.92 Å². The van der Waals surface area contributed by atoms with Crippen molar-refractivity contribution in [3.05, 3.63) is 24.3 Å². The lowest BCUT2D eigenvalue weighted by molar-refractivity contribution is -0.121. The average molecular weight is 362 g/mol. The second kappa shape index (κ2) is 8.43. The molecule has 0 radical (unpaired) electrons. The molecule has 0 saturated carbocycles. The molecule has 144 valence electrons. The number of para-hydroxylation sites is 2. The standard InChI is InChI=1S/C20H30N2O4/c1-14(2)25-17-11-7-6-10-16(17)21-18(23)15-9-8-12-22(13-15)19(24)26-20(3,4)5/h6-7,10-11,14-15H,8-9,12-13H2,1-5H3,(H,21,23). The summed E-state index contributed by atoms with van der Waals surface area (Å²) in [7, 11) is 0. The SMILES string of the molecule is CC(C)Oc1ccccc1NC(=O)C1CCCN(C(=O)OC(C)(C)C)C1. The molecule has 6 heteroatoms. The third kappa shape index (κ3) is 5.93. The molecular formula is C20H30N2O4. The summed E-state index contributed by atoms with van der Waals surface area (Å²) in [6.45, 7) is 10.4. The highest BCUT2D eigenvalue weighted by Gasteiger charge is 2.31. The smallest absolute Gasteiger partial charge is 0.410 e. The number of carbonyl (C=O) groups excluding carboxylic acids is 2. The molecule has 1 unspecified atom stereocenters. The number of hydrogen-bond acceptors (Lipinski definition) is 4. The van der Waals surface area contributed by atoms with Crippen LogP contribution in [0.1, 0.15) is 47.5 Å². The summed E-state index contributed by atoms with van der Waals surface area (Å²) >= 11 is 0. The largest absolute Gasteiger partial charge is 0.489 e. The van der Waals surface area contributed by atoms with Gasteiger partial charge in [0.1, 0.15) is 11.4 Å². The zero-order valence-electron chi connectivity index (χ0n) is 16.4. The Labute approximate surface area is 155 Å². The molecule has 26 heavy (non-hydrogen) atoms. The van der Waals surface area contributed by atoms with Crippen molar-refractivity contribution in [3.8, 4) is 5.75 Å². The number of hydrogen-bond donors (Lipinski definition) is 1. The Bertz CT molecular complexity index is 637. The van der Waals surface area contributed by atoms with Crippen LogP contribution in [0.15, 0.2) is 24.3 Å². The fourth-order valence-electron chi connectivity index (χ4n) is 2.84. The van der Waals surface area contributed by atoms with Gasteiger partial charge in [-0.15, -0.1) is 0 Å². The Balaban J connectivity index is 2.00. The predicted molar refractivity (Wildman–Crippen MR) is 101 cm³/mol. The number of carbonyl (C=O) groups is 2. The highest BCUT2D eigenvalue weighted by Crippen LogP contribution is 2.27. The molecule has 0 bridgehead atoms. The second-order valence-electron chi connectivity index (χ2n) is 7.92. The van der Waals surface area contributed by atoms with Gasteiger partial charge in [0, 0.05) is 13.1 Å². The molecule has 1 saturated heterocycles. The molecule has 1 N–H and O–H groups in total. The molecule has 1 aliphatic rings. The average Bonchev–Trinajstić information content (AvgIpc) is 2.54. The first-order chi connectivity index (χ1) is 12.2. The lowest BCUT2D eigenvalue weighted by Gasteiger charge is -2.33. The zero-order chi connectivity index (χ0) is 19.3. The monoisotopic (exact) mass is 362 g/mol. The maximum atomic E-state index is 12.7. The molecule has 1 heterocycles. The first-order valence-corrected chi connectivity index (χ1v) is 9.20. The minimum Gasteiger partial charge on any atom is -0.489 e. The minimum atomic E-state index is -0.542. The van der Waals surface area contributed by atoms with Crippen LogP contribution in [0.2, 0.25) is 0 Å². The summed E-state index contributed by atoms with van der Waals surface area (Å²) in [5, 5.41) is 2.95. The molecule has 0 spiro atoms. The Hall–Kier alpha value is -2.24. The molecule has 1 aliphatic heterocycles. The number of nitrogens with one attached hydrogen (secondary N) is 1. The van der Waals surface area contributed by atoms with Crippen LogP contribution in [0.5, 0.6) is 5.75 Å². The van der Waals surface area contributed by atoms with Gasteiger partial charge in [-0.1, -0.05) is 12.1 Å². The Morgan fingerprint density at radius 3 is 2.58 bits per heavy atom. The fraction of sp³-hybridized carbons (Fsp3) is 0.600. The van der Waals surface area contributed by atoms with Gasteiger partial charge >= 0.3 is 6.09 Å². The van der Waals surface area contributed by atoms with Gasteiger partial charge in [0.2, 0.25) is 5.91 Å². The van der Waals surface area contributed by atoms with Crippen LogP contribution >= 0.6 is 0 Å². The van der Waals surface area contributed by atoms with Gasteiger partial charge < -0.3 is 19.7 Å². The van der Waals surface area contributed by atoms with Crippen LogP contribution in [0, 0.1) is 5.92 Å². The summed E-state index contributed by atoms with van der Waals surface area (Å²) in [6.07, 6.45) is 1.18. The lowest BCUT2D eigenvalue weighted by atomic mass is 9.97. The molecule has 2 amide bonds. The van der Waals surface area contributed by atoms with Crippen LogP contribution < -0.4 is 10.1 Å². The molecular weight excluding hydrogens is 332 g/mol. The van der Waals surface area contributed by atoms with Crippen molar-refractivity contribution in [2.75, 3.05) is 18.4 Å². The lowest BCUT2D eigenvalue weighted by Crippen LogP contribution is -2.45. The minimum absolute atomic E-state index is 0.0189. The van der Waals surface area contributed by atoms with Gasteiger partial charge in [-0.3, -0.25) is 4.79 Å². The number of anilines is 1. The van der Waals surface area contributed by atoms with E-state index in [0.717, 1.165) is 12.8 Å². The van der Waals surface area contributed by atoms with Gasteiger partial charge in [0.05, 0.1) is 17.7 Å². The Morgan fingerprint density at radius 1 is 1.23 bits per heavy atom. The molecule has 1 aromatic carbocycles. The van der Waals surface area contributed by atoms with Crippen LogP contribution in [-0.4, -0.2) is 41.7 Å². The number of amides is 2. The molecule has 1 fully saturated rings. The quantitative estimate of drug-likeness (QED) is 0.877. The van der Waals surface area contributed by atoms with Crippen molar-refractivity contribution in [1.82, 2.24) is 4.90 Å². The first-order valence-electron chi connectivity index (χ1n) is 9.20. The summed E-state index contributed by atoms with van der Waals surface area (Å²) in [5.41, 5.74) is 0.111. The van der Waals surface area contributed by atoms with E-state index >= 15 is 0 Å². The van der Waals surface area contributed by atoms with Crippen molar-refractivity contribution < 1.29 is 19.1 Å². The third-order valence-electron chi connectivity index (χ3n) is 3.95. The van der Waals surface area contributed by atoms with E-state index in [-0.39, 0.29) is 24.0 Å². The van der Waals surface area contributed by atoms with E-state index in [0.29, 0.717) is 24.5 Å². The predicted octanol–water partition coefficient (Wildman–Crippen LogP) is 4.06. The highest BCUT2D eigenvalue weighted by molar-refractivity contribution is 5.94. The topological polar surface area (TPSA) is 67.9 Å². The summed E-state index contributed by atoms with van der Waals surface area (Å²) in [6, 6.07) is 7.39. The van der Waals surface area contributed by atoms with Crippen LogP contribution in [0.3, 0.4) is 0 Å². The zero-order valence-corrected chi connectivity index (χ0v) is 16.4. The number of piperidine rings is 1. The molecule has 1 aromatic rings. The van der Waals surface area contributed by atoms with E-state index in [2.05, 4.69) is 5.32 Å². The number of rotatable bonds is 4. The maximum Gasteiger partial charge on any atom is 0.410 e. The number of ether oxygens (including phenoxy) is 2. The van der Waals surface area contributed by atoms with E-state index in [1.807, 2.05) is 58.9 Å². The molecule has 0 aliphatic carbocycles. The number of benzene rings is 1. The van der Waals surface area contributed by atoms with Crippen LogP contribution in [0.4, 0.5) is 10.5 Å². The van der Waals surface area contributed by atoms with Gasteiger partial charge in [0.15, 0.2) is 0 Å². The molecule has 6 nitrogen and oxygen atoms in total. The number of likely N-dealkylation sites (tertiary alicyclic amines) is 1. The fourth-order valence-corrected chi connectivity index (χ4v) is 2.84. The third-order valence-corrected chi connectivity index (χ3v) is 3.95. The summed E-state index contributed by atoms with van der Waals surface area (Å²) in [4.78, 5) is 26.6. The van der Waals surface area contributed by atoms with Crippen molar-refractivity contribution >= 4 is 17.7 Å². The Morgan fingerprint density at radius 2 is 1.92 bits per heavy atom. The van der Waals surface area contributed by atoms with Gasteiger partial charge in [-0.05, 0) is 59.6 Å². The molecule has 1 atom stereocenters. The molecule has 0 aromatic heterocycles. The Kier molecular flexibility index (Phi) is 6.51. The maximum absolute atomic E-state index is 12.7.